The molecule has 0 saturated heterocycles. The highest BCUT2D eigenvalue weighted by molar-refractivity contribution is 6.33. The molecule has 6 heteroatoms. The summed E-state index contributed by atoms with van der Waals surface area (Å²) in [6, 6.07) is 19.3. The highest BCUT2D eigenvalue weighted by Gasteiger charge is 2.20. The highest BCUT2D eigenvalue weighted by Crippen LogP contribution is 2.34. The normalized spacial score (nSPS) is 12.1. The molecule has 4 rings (SSSR count). The van der Waals surface area contributed by atoms with Gasteiger partial charge in [-0.3, -0.25) is 4.57 Å². The van der Waals surface area contributed by atoms with Crippen molar-refractivity contribution in [2.24, 2.45) is 0 Å². The van der Waals surface area contributed by atoms with Crippen LogP contribution in [0.3, 0.4) is 0 Å². The van der Waals surface area contributed by atoms with Crippen molar-refractivity contribution in [3.05, 3.63) is 81.7 Å². The number of halogens is 1. The summed E-state index contributed by atoms with van der Waals surface area (Å²) in [6.45, 7) is 4.54. The van der Waals surface area contributed by atoms with E-state index < -0.39 is 0 Å². The zero-order valence-electron chi connectivity index (χ0n) is 17.8. The van der Waals surface area contributed by atoms with Gasteiger partial charge in [0.2, 0.25) is 0 Å². The molecule has 0 aliphatic rings. The lowest BCUT2D eigenvalue weighted by molar-refractivity contribution is 0.310. The van der Waals surface area contributed by atoms with Crippen LogP contribution in [0.1, 0.15) is 31.9 Å². The van der Waals surface area contributed by atoms with E-state index >= 15 is 0 Å². The smallest absolute Gasteiger partial charge is 0.327 e. The van der Waals surface area contributed by atoms with Crippen LogP contribution < -0.4 is 15.2 Å². The van der Waals surface area contributed by atoms with Crippen LogP contribution in [0.2, 0.25) is 5.02 Å². The van der Waals surface area contributed by atoms with Crippen molar-refractivity contribution in [1.29, 1.82) is 0 Å². The van der Waals surface area contributed by atoms with Gasteiger partial charge < -0.3 is 14.5 Å². The lowest BCUT2D eigenvalue weighted by Gasteiger charge is -2.19. The molecule has 160 valence electrons. The van der Waals surface area contributed by atoms with E-state index in [1.165, 1.54) is 0 Å². The van der Waals surface area contributed by atoms with E-state index in [4.69, 9.17) is 21.1 Å². The molecule has 31 heavy (non-hydrogen) atoms. The maximum absolute atomic E-state index is 13.0. The minimum absolute atomic E-state index is 0.141. The molecule has 0 bridgehead atoms. The number of methoxy groups -OCH3 is 1. The number of nitrogens with zero attached hydrogens (tertiary/aromatic N) is 1. The summed E-state index contributed by atoms with van der Waals surface area (Å²) < 4.78 is 13.0. The van der Waals surface area contributed by atoms with Gasteiger partial charge in [-0.25, -0.2) is 4.79 Å². The Kier molecular flexibility index (Phi) is 6.05. The number of aromatic amines is 1. The van der Waals surface area contributed by atoms with Crippen LogP contribution in [0.4, 0.5) is 0 Å². The molecule has 0 fully saturated rings. The molecule has 1 aromatic heterocycles. The number of ether oxygens (including phenoxy) is 2. The predicted molar refractivity (Wildman–Crippen MR) is 126 cm³/mol. The Morgan fingerprint density at radius 3 is 2.55 bits per heavy atom. The number of benzene rings is 3. The summed E-state index contributed by atoms with van der Waals surface area (Å²) in [7, 11) is 1.62. The van der Waals surface area contributed by atoms with Gasteiger partial charge in [0.15, 0.2) is 11.5 Å². The summed E-state index contributed by atoms with van der Waals surface area (Å²) in [5, 5.41) is 0.678. The molecule has 1 atom stereocenters. The van der Waals surface area contributed by atoms with Gasteiger partial charge in [0.25, 0.3) is 0 Å². The molecule has 0 radical (unpaired) electrons. The maximum atomic E-state index is 13.0. The summed E-state index contributed by atoms with van der Waals surface area (Å²) in [5.74, 6) is 1.35. The fraction of sp³-hybridized carbons (Fsp3) is 0.240. The topological polar surface area (TPSA) is 56.2 Å². The molecule has 0 aliphatic carbocycles. The fourth-order valence-electron chi connectivity index (χ4n) is 4.04. The number of H-pyrrole nitrogens is 1. The third-order valence-corrected chi connectivity index (χ3v) is 5.80. The van der Waals surface area contributed by atoms with Gasteiger partial charge in [-0.1, -0.05) is 48.9 Å². The summed E-state index contributed by atoms with van der Waals surface area (Å²) >= 11 is 6.37. The Hall–Kier alpha value is -3.18. The zero-order valence-corrected chi connectivity index (χ0v) is 18.6. The van der Waals surface area contributed by atoms with Crippen LogP contribution in [-0.4, -0.2) is 23.3 Å². The van der Waals surface area contributed by atoms with Gasteiger partial charge >= 0.3 is 5.69 Å². The number of fused-ring (bicyclic) bond motifs is 1. The third-order valence-electron chi connectivity index (χ3n) is 5.47. The first-order valence-corrected chi connectivity index (χ1v) is 10.7. The molecule has 0 aliphatic heterocycles. The van der Waals surface area contributed by atoms with E-state index in [1.54, 1.807) is 7.11 Å². The Morgan fingerprint density at radius 2 is 1.84 bits per heavy atom. The van der Waals surface area contributed by atoms with Crippen LogP contribution >= 0.6 is 11.6 Å². The standard InChI is InChI=1S/C25H25ClN2O3/c1-4-21(17-11-13-23(30-3)24(15-17)31-5-2)28-22-12-10-16(14-20(22)27-25(28)29)18-8-6-7-9-19(18)26/h6-15,21H,4-5H2,1-3H3,(H,27,29)/t21-/m1/s1. The first kappa shape index (κ1) is 21.1. The Balaban J connectivity index is 1.81. The van der Waals surface area contributed by atoms with E-state index in [2.05, 4.69) is 11.9 Å². The van der Waals surface area contributed by atoms with Gasteiger partial charge in [-0.05, 0) is 54.8 Å². The molecule has 4 aromatic rings. The second-order valence-electron chi connectivity index (χ2n) is 7.28. The largest absolute Gasteiger partial charge is 0.493 e. The van der Waals surface area contributed by atoms with Crippen LogP contribution in [0.15, 0.2) is 65.5 Å². The molecular formula is C25H25ClN2O3. The number of rotatable bonds is 7. The molecule has 5 nitrogen and oxygen atoms in total. The molecule has 1 N–H and O–H groups in total. The summed E-state index contributed by atoms with van der Waals surface area (Å²) in [4.78, 5) is 16.0. The number of imidazole rings is 1. The van der Waals surface area contributed by atoms with Crippen molar-refractivity contribution in [1.82, 2.24) is 9.55 Å². The van der Waals surface area contributed by atoms with Crippen molar-refractivity contribution >= 4 is 22.6 Å². The molecule has 0 spiro atoms. The van der Waals surface area contributed by atoms with Crippen LogP contribution in [0.25, 0.3) is 22.2 Å². The van der Waals surface area contributed by atoms with E-state index in [9.17, 15) is 4.79 Å². The third kappa shape index (κ3) is 3.93. The minimum atomic E-state index is -0.146. The number of hydrogen-bond acceptors (Lipinski definition) is 3. The molecule has 0 unspecified atom stereocenters. The highest BCUT2D eigenvalue weighted by atomic mass is 35.5. The minimum Gasteiger partial charge on any atom is -0.493 e. The lowest BCUT2D eigenvalue weighted by atomic mass is 10.0. The van der Waals surface area contributed by atoms with Gasteiger partial charge in [-0.2, -0.15) is 0 Å². The van der Waals surface area contributed by atoms with E-state index in [0.29, 0.717) is 23.1 Å². The van der Waals surface area contributed by atoms with Gasteiger partial charge in [-0.15, -0.1) is 0 Å². The van der Waals surface area contributed by atoms with Crippen molar-refractivity contribution in [3.8, 4) is 22.6 Å². The SMILES string of the molecule is CCOc1cc([C@@H](CC)n2c(=O)[nH]c3cc(-c4ccccc4Cl)ccc32)ccc1OC. The molecule has 0 saturated carbocycles. The predicted octanol–water partition coefficient (Wildman–Crippen LogP) is 6.06. The molecule has 3 aromatic carbocycles. The number of nitrogens with one attached hydrogen (secondary N) is 1. The van der Waals surface area contributed by atoms with E-state index in [0.717, 1.165) is 34.1 Å². The molecule has 1 heterocycles. The van der Waals surface area contributed by atoms with Crippen LogP contribution in [-0.2, 0) is 0 Å². The van der Waals surface area contributed by atoms with Crippen molar-refractivity contribution < 1.29 is 9.47 Å². The average Bonchev–Trinajstić information content (AvgIpc) is 3.10. The maximum Gasteiger partial charge on any atom is 0.327 e. The van der Waals surface area contributed by atoms with E-state index in [1.807, 2.05) is 72.2 Å². The monoisotopic (exact) mass is 436 g/mol. The molecular weight excluding hydrogens is 412 g/mol. The van der Waals surface area contributed by atoms with Crippen molar-refractivity contribution in [2.75, 3.05) is 13.7 Å². The van der Waals surface area contributed by atoms with Crippen LogP contribution in [0, 0.1) is 0 Å². The lowest BCUT2D eigenvalue weighted by Crippen LogP contribution is -2.22. The Bertz CT molecular complexity index is 1280. The Morgan fingerprint density at radius 1 is 1.03 bits per heavy atom. The number of hydrogen-bond donors (Lipinski definition) is 1. The quantitative estimate of drug-likeness (QED) is 0.383. The van der Waals surface area contributed by atoms with Gasteiger partial charge in [0.05, 0.1) is 30.8 Å². The van der Waals surface area contributed by atoms with Crippen LogP contribution in [0.5, 0.6) is 11.5 Å². The van der Waals surface area contributed by atoms with Crippen molar-refractivity contribution in [3.63, 3.8) is 0 Å². The summed E-state index contributed by atoms with van der Waals surface area (Å²) in [6.07, 6.45) is 0.747. The number of aromatic nitrogens is 2. The van der Waals surface area contributed by atoms with Crippen molar-refractivity contribution in [2.45, 2.75) is 26.3 Å². The Labute approximate surface area is 186 Å². The first-order chi connectivity index (χ1) is 15.1. The zero-order chi connectivity index (χ0) is 22.0. The fourth-order valence-corrected chi connectivity index (χ4v) is 4.28. The second kappa shape index (κ2) is 8.90. The first-order valence-electron chi connectivity index (χ1n) is 10.4. The van der Waals surface area contributed by atoms with Gasteiger partial charge in [0, 0.05) is 10.6 Å². The molecule has 0 amide bonds. The summed E-state index contributed by atoms with van der Waals surface area (Å²) in [5.41, 5.74) is 4.36. The van der Waals surface area contributed by atoms with E-state index in [-0.39, 0.29) is 11.7 Å². The second-order valence-corrected chi connectivity index (χ2v) is 7.69. The average molecular weight is 437 g/mol. The van der Waals surface area contributed by atoms with Gasteiger partial charge in [0.1, 0.15) is 0 Å².